The SMILES string of the molecule is O=C(C1CCCCO1)N1CCCCCC1C1CCNCC1. The van der Waals surface area contributed by atoms with Crippen molar-refractivity contribution in [2.24, 2.45) is 5.92 Å². The molecule has 3 rings (SSSR count). The van der Waals surface area contributed by atoms with Crippen molar-refractivity contribution in [2.45, 2.75) is 69.9 Å². The molecule has 3 saturated heterocycles. The maximum Gasteiger partial charge on any atom is 0.251 e. The van der Waals surface area contributed by atoms with Crippen molar-refractivity contribution in [1.82, 2.24) is 10.2 Å². The Hall–Kier alpha value is -0.610. The molecule has 1 N–H and O–H groups in total. The average Bonchev–Trinajstić information content (AvgIpc) is 2.81. The molecule has 1 amide bonds. The van der Waals surface area contributed by atoms with Crippen LogP contribution >= 0.6 is 0 Å². The van der Waals surface area contributed by atoms with Gasteiger partial charge in [-0.25, -0.2) is 0 Å². The van der Waals surface area contributed by atoms with Crippen molar-refractivity contribution >= 4 is 5.91 Å². The van der Waals surface area contributed by atoms with Gasteiger partial charge in [0.2, 0.25) is 0 Å². The minimum Gasteiger partial charge on any atom is -0.368 e. The van der Waals surface area contributed by atoms with E-state index in [0.29, 0.717) is 17.9 Å². The maximum absolute atomic E-state index is 12.9. The molecule has 0 aromatic rings. The third-order valence-electron chi connectivity index (χ3n) is 5.47. The first-order valence-corrected chi connectivity index (χ1v) is 8.99. The number of carbonyl (C=O) groups excluding carboxylic acids is 1. The Morgan fingerprint density at radius 1 is 0.952 bits per heavy atom. The van der Waals surface area contributed by atoms with Crippen LogP contribution in [0.5, 0.6) is 0 Å². The lowest BCUT2D eigenvalue weighted by atomic mass is 9.86. The normalized spacial score (nSPS) is 32.7. The molecule has 3 heterocycles. The van der Waals surface area contributed by atoms with Crippen LogP contribution < -0.4 is 5.32 Å². The van der Waals surface area contributed by atoms with Crippen LogP contribution in [0.1, 0.15) is 57.8 Å². The molecule has 0 bridgehead atoms. The topological polar surface area (TPSA) is 41.6 Å². The summed E-state index contributed by atoms with van der Waals surface area (Å²) in [7, 11) is 0. The van der Waals surface area contributed by atoms with Crippen LogP contribution in [0.25, 0.3) is 0 Å². The number of likely N-dealkylation sites (tertiary alicyclic amines) is 1. The summed E-state index contributed by atoms with van der Waals surface area (Å²) < 4.78 is 5.77. The van der Waals surface area contributed by atoms with Gasteiger partial charge in [0.1, 0.15) is 6.10 Å². The smallest absolute Gasteiger partial charge is 0.251 e. The molecule has 0 aromatic carbocycles. The van der Waals surface area contributed by atoms with Gasteiger partial charge in [0.15, 0.2) is 0 Å². The standard InChI is InChI=1S/C17H30N2O2/c20-17(16-7-3-5-13-21-16)19-12-4-1-2-6-15(19)14-8-10-18-11-9-14/h14-16,18H,1-13H2. The number of piperidine rings is 1. The molecule has 3 aliphatic rings. The van der Waals surface area contributed by atoms with Crippen molar-refractivity contribution in [3.8, 4) is 0 Å². The van der Waals surface area contributed by atoms with E-state index in [-0.39, 0.29) is 6.10 Å². The number of carbonyl (C=O) groups is 1. The lowest BCUT2D eigenvalue weighted by Gasteiger charge is -2.40. The molecular formula is C17H30N2O2. The van der Waals surface area contributed by atoms with Crippen LogP contribution in [-0.2, 0) is 9.53 Å². The number of amides is 1. The number of rotatable bonds is 2. The molecule has 120 valence electrons. The van der Waals surface area contributed by atoms with Crippen LogP contribution in [0.3, 0.4) is 0 Å². The first kappa shape index (κ1) is 15.3. The van der Waals surface area contributed by atoms with E-state index in [1.165, 1.54) is 38.5 Å². The quantitative estimate of drug-likeness (QED) is 0.850. The molecule has 0 aromatic heterocycles. The fourth-order valence-corrected chi connectivity index (χ4v) is 4.25. The number of hydrogen-bond acceptors (Lipinski definition) is 3. The molecule has 0 spiro atoms. The van der Waals surface area contributed by atoms with Crippen molar-refractivity contribution in [3.63, 3.8) is 0 Å². The second-order valence-corrected chi connectivity index (χ2v) is 6.89. The molecule has 21 heavy (non-hydrogen) atoms. The Balaban J connectivity index is 1.69. The zero-order valence-corrected chi connectivity index (χ0v) is 13.2. The van der Waals surface area contributed by atoms with Crippen molar-refractivity contribution < 1.29 is 9.53 Å². The van der Waals surface area contributed by atoms with Gasteiger partial charge in [-0.05, 0) is 64.0 Å². The predicted octanol–water partition coefficient (Wildman–Crippen LogP) is 2.33. The second kappa shape index (κ2) is 7.59. The highest BCUT2D eigenvalue weighted by Crippen LogP contribution is 2.30. The summed E-state index contributed by atoms with van der Waals surface area (Å²) in [6, 6.07) is 0.465. The van der Waals surface area contributed by atoms with E-state index in [2.05, 4.69) is 10.2 Å². The Labute approximate surface area is 128 Å². The Morgan fingerprint density at radius 2 is 1.76 bits per heavy atom. The summed E-state index contributed by atoms with van der Waals surface area (Å²) in [5.74, 6) is 0.983. The molecule has 4 nitrogen and oxygen atoms in total. The van der Waals surface area contributed by atoms with Crippen LogP contribution in [0, 0.1) is 5.92 Å². The summed E-state index contributed by atoms with van der Waals surface area (Å²) in [6.07, 6.45) is 10.4. The first-order chi connectivity index (χ1) is 10.4. The highest BCUT2D eigenvalue weighted by Gasteiger charge is 2.36. The highest BCUT2D eigenvalue weighted by molar-refractivity contribution is 5.81. The van der Waals surface area contributed by atoms with E-state index < -0.39 is 0 Å². The molecule has 3 aliphatic heterocycles. The molecule has 3 fully saturated rings. The van der Waals surface area contributed by atoms with E-state index in [9.17, 15) is 4.79 Å². The molecule has 4 heteroatoms. The summed E-state index contributed by atoms with van der Waals surface area (Å²) in [4.78, 5) is 15.2. The molecule has 0 saturated carbocycles. The Morgan fingerprint density at radius 3 is 2.52 bits per heavy atom. The number of nitrogens with one attached hydrogen (secondary N) is 1. The van der Waals surface area contributed by atoms with Gasteiger partial charge in [0, 0.05) is 19.2 Å². The van der Waals surface area contributed by atoms with Gasteiger partial charge in [-0.1, -0.05) is 12.8 Å². The molecule has 2 atom stereocenters. The molecule has 2 unspecified atom stereocenters. The van der Waals surface area contributed by atoms with Gasteiger partial charge in [-0.2, -0.15) is 0 Å². The van der Waals surface area contributed by atoms with E-state index in [1.54, 1.807) is 0 Å². The summed E-state index contributed by atoms with van der Waals surface area (Å²) in [5, 5.41) is 3.45. The van der Waals surface area contributed by atoms with E-state index in [4.69, 9.17) is 4.74 Å². The summed E-state index contributed by atoms with van der Waals surface area (Å²) >= 11 is 0. The minimum atomic E-state index is -0.152. The third-order valence-corrected chi connectivity index (χ3v) is 5.47. The fraction of sp³-hybridized carbons (Fsp3) is 0.941. The first-order valence-electron chi connectivity index (χ1n) is 8.99. The Kier molecular flexibility index (Phi) is 5.53. The summed E-state index contributed by atoms with van der Waals surface area (Å²) in [5.41, 5.74) is 0. The monoisotopic (exact) mass is 294 g/mol. The van der Waals surface area contributed by atoms with Crippen LogP contribution in [-0.4, -0.2) is 49.2 Å². The van der Waals surface area contributed by atoms with Gasteiger partial charge in [-0.3, -0.25) is 4.79 Å². The zero-order valence-electron chi connectivity index (χ0n) is 13.2. The number of hydrogen-bond donors (Lipinski definition) is 1. The van der Waals surface area contributed by atoms with Crippen molar-refractivity contribution in [2.75, 3.05) is 26.2 Å². The number of ether oxygens (including phenoxy) is 1. The van der Waals surface area contributed by atoms with Crippen molar-refractivity contribution in [3.05, 3.63) is 0 Å². The van der Waals surface area contributed by atoms with Crippen LogP contribution in [0.15, 0.2) is 0 Å². The van der Waals surface area contributed by atoms with E-state index in [0.717, 1.165) is 45.5 Å². The van der Waals surface area contributed by atoms with Gasteiger partial charge in [0.25, 0.3) is 5.91 Å². The zero-order chi connectivity index (χ0) is 14.5. The molecule has 0 aliphatic carbocycles. The highest BCUT2D eigenvalue weighted by atomic mass is 16.5. The van der Waals surface area contributed by atoms with Gasteiger partial charge < -0.3 is 15.0 Å². The average molecular weight is 294 g/mol. The van der Waals surface area contributed by atoms with E-state index >= 15 is 0 Å². The van der Waals surface area contributed by atoms with Crippen LogP contribution in [0.4, 0.5) is 0 Å². The lowest BCUT2D eigenvalue weighted by Crippen LogP contribution is -2.51. The third kappa shape index (κ3) is 3.78. The van der Waals surface area contributed by atoms with Gasteiger partial charge in [0.05, 0.1) is 0 Å². The Bertz CT molecular complexity index is 336. The summed E-state index contributed by atoms with van der Waals surface area (Å²) in [6.45, 7) is 3.95. The van der Waals surface area contributed by atoms with Gasteiger partial charge in [-0.15, -0.1) is 0 Å². The minimum absolute atomic E-state index is 0.152. The fourth-order valence-electron chi connectivity index (χ4n) is 4.25. The predicted molar refractivity (Wildman–Crippen MR) is 83.2 cm³/mol. The van der Waals surface area contributed by atoms with Crippen LogP contribution in [0.2, 0.25) is 0 Å². The molecule has 0 radical (unpaired) electrons. The second-order valence-electron chi connectivity index (χ2n) is 6.89. The largest absolute Gasteiger partial charge is 0.368 e. The van der Waals surface area contributed by atoms with E-state index in [1.807, 2.05) is 0 Å². The maximum atomic E-state index is 12.9. The van der Waals surface area contributed by atoms with Crippen molar-refractivity contribution in [1.29, 1.82) is 0 Å². The number of nitrogens with zero attached hydrogens (tertiary/aromatic N) is 1. The van der Waals surface area contributed by atoms with Gasteiger partial charge >= 0.3 is 0 Å². The lowest BCUT2D eigenvalue weighted by molar-refractivity contribution is -0.150. The molecular weight excluding hydrogens is 264 g/mol.